The summed E-state index contributed by atoms with van der Waals surface area (Å²) in [6.45, 7) is 4.67. The normalized spacial score (nSPS) is 13.3. The summed E-state index contributed by atoms with van der Waals surface area (Å²) in [6.07, 6.45) is 0.953. The summed E-state index contributed by atoms with van der Waals surface area (Å²) in [5.41, 5.74) is 5.80. The number of carbonyl (C=O) groups excluding carboxylic acids is 1. The van der Waals surface area contributed by atoms with Gasteiger partial charge in [-0.25, -0.2) is 4.99 Å². The Balaban J connectivity index is 4.99. The van der Waals surface area contributed by atoms with Crippen LogP contribution in [-0.4, -0.2) is 18.0 Å². The fraction of sp³-hybridized carbons (Fsp3) is 0.375. The number of ketones is 1. The molecule has 0 saturated carbocycles. The van der Waals surface area contributed by atoms with Crippen molar-refractivity contribution in [3.63, 3.8) is 0 Å². The predicted molar refractivity (Wildman–Crippen MR) is 52.6 cm³/mol. The van der Waals surface area contributed by atoms with E-state index in [2.05, 4.69) is 10.3 Å². The van der Waals surface area contributed by atoms with Crippen molar-refractivity contribution < 1.29 is 4.79 Å². The Morgan fingerprint density at radius 3 is 2.31 bits per heavy atom. The van der Waals surface area contributed by atoms with E-state index in [9.17, 15) is 4.79 Å². The van der Waals surface area contributed by atoms with Gasteiger partial charge >= 0.3 is 0 Å². The van der Waals surface area contributed by atoms with Crippen LogP contribution in [0.5, 0.6) is 0 Å². The minimum atomic E-state index is -0.102. The molecule has 0 aromatic heterocycles. The Labute approximate surface area is 77.2 Å². The number of amidine groups is 1. The summed E-state index contributed by atoms with van der Waals surface area (Å²) in [5, 5.41) is 9.35. The van der Waals surface area contributed by atoms with Crippen molar-refractivity contribution in [2.45, 2.75) is 20.8 Å². The van der Waals surface area contributed by atoms with Gasteiger partial charge in [0.2, 0.25) is 0 Å². The SMILES string of the molecule is CC(=O)/C(C)=C(\N=C(/C)N)NC=N. The average Bonchev–Trinajstić information content (AvgIpc) is 2.01. The molecule has 0 aromatic carbocycles. The van der Waals surface area contributed by atoms with Crippen molar-refractivity contribution >= 4 is 18.0 Å². The summed E-state index contributed by atoms with van der Waals surface area (Å²) in [6, 6.07) is 0. The predicted octanol–water partition coefficient (Wildman–Crippen LogP) is 0.381. The van der Waals surface area contributed by atoms with Crippen LogP contribution in [0.25, 0.3) is 0 Å². The summed E-state index contributed by atoms with van der Waals surface area (Å²) in [7, 11) is 0. The van der Waals surface area contributed by atoms with Crippen LogP contribution in [0, 0.1) is 5.41 Å². The molecule has 0 unspecified atom stereocenters. The number of hydrogen-bond acceptors (Lipinski definition) is 3. The Bertz CT molecular complexity index is 274. The molecule has 0 fully saturated rings. The van der Waals surface area contributed by atoms with Crippen molar-refractivity contribution in [3.05, 3.63) is 11.4 Å². The molecule has 0 aliphatic rings. The number of nitrogens with two attached hydrogens (primary N) is 1. The molecule has 0 spiro atoms. The molecule has 0 atom stereocenters. The van der Waals surface area contributed by atoms with Crippen LogP contribution >= 0.6 is 0 Å². The van der Waals surface area contributed by atoms with Gasteiger partial charge < -0.3 is 11.1 Å². The van der Waals surface area contributed by atoms with E-state index in [0.717, 1.165) is 6.34 Å². The standard InChI is InChI=1S/C8H14N4O/c1-5(6(2)13)8(11-4-9)12-7(3)10/h4H,1-3H3,(H2,9,11)(H2,10,12)/b8-5-. The molecule has 13 heavy (non-hydrogen) atoms. The molecule has 4 N–H and O–H groups in total. The third-order valence-electron chi connectivity index (χ3n) is 1.38. The summed E-state index contributed by atoms with van der Waals surface area (Å²) >= 11 is 0. The molecular weight excluding hydrogens is 168 g/mol. The highest BCUT2D eigenvalue weighted by Crippen LogP contribution is 2.02. The number of carbonyl (C=O) groups is 1. The second-order valence-electron chi connectivity index (χ2n) is 2.57. The van der Waals surface area contributed by atoms with Crippen molar-refractivity contribution in [1.82, 2.24) is 5.32 Å². The summed E-state index contributed by atoms with van der Waals surface area (Å²) in [4.78, 5) is 14.8. The molecule has 0 aliphatic carbocycles. The maximum atomic E-state index is 11.0. The van der Waals surface area contributed by atoms with E-state index in [1.165, 1.54) is 6.92 Å². The Hall–Kier alpha value is -1.65. The van der Waals surface area contributed by atoms with Gasteiger partial charge in [-0.2, -0.15) is 0 Å². The smallest absolute Gasteiger partial charge is 0.159 e. The van der Waals surface area contributed by atoms with Crippen molar-refractivity contribution in [1.29, 1.82) is 5.41 Å². The lowest BCUT2D eigenvalue weighted by atomic mass is 10.2. The Kier molecular flexibility index (Phi) is 4.43. The van der Waals surface area contributed by atoms with E-state index in [-0.39, 0.29) is 5.78 Å². The molecule has 0 rings (SSSR count). The lowest BCUT2D eigenvalue weighted by molar-refractivity contribution is -0.113. The van der Waals surface area contributed by atoms with Gasteiger partial charge in [0, 0.05) is 5.57 Å². The van der Waals surface area contributed by atoms with Crippen LogP contribution in [0.4, 0.5) is 0 Å². The summed E-state index contributed by atoms with van der Waals surface area (Å²) in [5.74, 6) is 0.557. The van der Waals surface area contributed by atoms with Gasteiger partial charge in [0.1, 0.15) is 5.82 Å². The van der Waals surface area contributed by atoms with Gasteiger partial charge in [-0.15, -0.1) is 0 Å². The highest BCUT2D eigenvalue weighted by Gasteiger charge is 2.04. The van der Waals surface area contributed by atoms with Crippen molar-refractivity contribution in [3.8, 4) is 0 Å². The Morgan fingerprint density at radius 2 is 2.00 bits per heavy atom. The van der Waals surface area contributed by atoms with E-state index in [1.54, 1.807) is 13.8 Å². The molecule has 0 radical (unpaired) electrons. The minimum Gasteiger partial charge on any atom is -0.387 e. The van der Waals surface area contributed by atoms with Gasteiger partial charge in [0.15, 0.2) is 5.78 Å². The highest BCUT2D eigenvalue weighted by atomic mass is 16.1. The molecular formula is C8H14N4O. The number of allylic oxidation sites excluding steroid dienone is 1. The number of nitrogens with one attached hydrogen (secondary N) is 2. The monoisotopic (exact) mass is 182 g/mol. The summed E-state index contributed by atoms with van der Waals surface area (Å²) < 4.78 is 0. The maximum absolute atomic E-state index is 11.0. The van der Waals surface area contributed by atoms with Crippen LogP contribution in [0.3, 0.4) is 0 Å². The van der Waals surface area contributed by atoms with E-state index < -0.39 is 0 Å². The van der Waals surface area contributed by atoms with E-state index >= 15 is 0 Å². The van der Waals surface area contributed by atoms with Crippen LogP contribution in [0.1, 0.15) is 20.8 Å². The first-order valence-corrected chi connectivity index (χ1v) is 3.77. The van der Waals surface area contributed by atoms with Gasteiger partial charge in [0.05, 0.1) is 12.2 Å². The van der Waals surface area contributed by atoms with Gasteiger partial charge in [-0.3, -0.25) is 10.2 Å². The highest BCUT2D eigenvalue weighted by molar-refractivity contribution is 5.94. The van der Waals surface area contributed by atoms with Gasteiger partial charge in [-0.1, -0.05) is 0 Å². The second-order valence-corrected chi connectivity index (χ2v) is 2.57. The van der Waals surface area contributed by atoms with Gasteiger partial charge in [0.25, 0.3) is 0 Å². The number of nitrogens with zero attached hydrogens (tertiary/aromatic N) is 1. The quantitative estimate of drug-likeness (QED) is 0.333. The maximum Gasteiger partial charge on any atom is 0.159 e. The second kappa shape index (κ2) is 5.08. The van der Waals surface area contributed by atoms with E-state index in [4.69, 9.17) is 11.1 Å². The molecule has 0 amide bonds. The molecule has 0 bridgehead atoms. The molecule has 0 heterocycles. The molecule has 72 valence electrons. The first-order valence-electron chi connectivity index (χ1n) is 3.77. The lowest BCUT2D eigenvalue weighted by Gasteiger charge is -2.04. The molecule has 0 aliphatic heterocycles. The van der Waals surface area contributed by atoms with Crippen LogP contribution in [-0.2, 0) is 4.79 Å². The fourth-order valence-electron chi connectivity index (χ4n) is 0.636. The Morgan fingerprint density at radius 1 is 1.46 bits per heavy atom. The average molecular weight is 182 g/mol. The topological polar surface area (TPSA) is 91.3 Å². The largest absolute Gasteiger partial charge is 0.387 e. The van der Waals surface area contributed by atoms with Gasteiger partial charge in [-0.05, 0) is 20.8 Å². The fourth-order valence-corrected chi connectivity index (χ4v) is 0.636. The lowest BCUT2D eigenvalue weighted by Crippen LogP contribution is -2.16. The van der Waals surface area contributed by atoms with E-state index in [1.807, 2.05) is 0 Å². The van der Waals surface area contributed by atoms with E-state index in [0.29, 0.717) is 17.2 Å². The van der Waals surface area contributed by atoms with Crippen LogP contribution in [0.2, 0.25) is 0 Å². The third kappa shape index (κ3) is 4.05. The zero-order chi connectivity index (χ0) is 10.4. The van der Waals surface area contributed by atoms with Crippen molar-refractivity contribution in [2.75, 3.05) is 0 Å². The minimum absolute atomic E-state index is 0.102. The number of rotatable bonds is 4. The van der Waals surface area contributed by atoms with Crippen LogP contribution < -0.4 is 11.1 Å². The zero-order valence-corrected chi connectivity index (χ0v) is 8.01. The number of Topliss-reactive ketones (excluding diaryl/α,β-unsaturated/α-hetero) is 1. The number of aliphatic imine (C=N–C) groups is 1. The molecule has 5 nitrogen and oxygen atoms in total. The van der Waals surface area contributed by atoms with Crippen molar-refractivity contribution in [2.24, 2.45) is 10.7 Å². The zero-order valence-electron chi connectivity index (χ0n) is 8.01. The molecule has 0 saturated heterocycles. The molecule has 0 aromatic rings. The van der Waals surface area contributed by atoms with Crippen LogP contribution in [0.15, 0.2) is 16.4 Å². The number of hydrogen-bond donors (Lipinski definition) is 3. The first-order chi connectivity index (χ1) is 5.99. The first kappa shape index (κ1) is 11.4. The molecule has 5 heteroatoms. The third-order valence-corrected chi connectivity index (χ3v) is 1.38.